The van der Waals surface area contributed by atoms with Crippen molar-refractivity contribution < 1.29 is 14.3 Å². The van der Waals surface area contributed by atoms with Gasteiger partial charge in [0.15, 0.2) is 5.78 Å². The molecule has 0 spiro atoms. The minimum Gasteiger partial charge on any atom is -0.463 e. The van der Waals surface area contributed by atoms with E-state index >= 15 is 0 Å². The molecule has 0 fully saturated rings. The molecule has 1 rings (SSSR count). The van der Waals surface area contributed by atoms with Crippen LogP contribution >= 0.6 is 0 Å². The predicted molar refractivity (Wildman–Crippen MR) is 71.0 cm³/mol. The van der Waals surface area contributed by atoms with Gasteiger partial charge in [-0.15, -0.1) is 0 Å². The summed E-state index contributed by atoms with van der Waals surface area (Å²) in [5.41, 5.74) is 1.13. The van der Waals surface area contributed by atoms with Crippen LogP contribution in [0.3, 0.4) is 0 Å². The molecule has 0 saturated heterocycles. The van der Waals surface area contributed by atoms with Gasteiger partial charge in [0.25, 0.3) is 0 Å². The molecule has 0 aliphatic heterocycles. The zero-order valence-electron chi connectivity index (χ0n) is 10.9. The van der Waals surface area contributed by atoms with Gasteiger partial charge in [0.2, 0.25) is 0 Å². The van der Waals surface area contributed by atoms with Crippen LogP contribution in [0.2, 0.25) is 0 Å². The van der Waals surface area contributed by atoms with E-state index in [1.165, 1.54) is 12.2 Å². The largest absolute Gasteiger partial charge is 0.463 e. The number of ether oxygens (including phenoxy) is 1. The average molecular weight is 257 g/mol. The van der Waals surface area contributed by atoms with Crippen LogP contribution in [0.4, 0.5) is 0 Å². The smallest absolute Gasteiger partial charge is 0.313 e. The summed E-state index contributed by atoms with van der Waals surface area (Å²) < 4.78 is 4.87. The minimum atomic E-state index is -0.543. The highest BCUT2D eigenvalue weighted by Crippen LogP contribution is 2.09. The molecule has 0 saturated carbocycles. The molecule has 98 valence electrons. The maximum atomic E-state index is 11.5. The van der Waals surface area contributed by atoms with E-state index in [1.54, 1.807) is 38.1 Å². The lowest BCUT2D eigenvalue weighted by molar-refractivity contribution is -0.148. The van der Waals surface area contributed by atoms with Crippen LogP contribution in [-0.4, -0.2) is 17.9 Å². The first-order valence-corrected chi connectivity index (χ1v) is 5.92. The second-order valence-corrected chi connectivity index (χ2v) is 4.21. The van der Waals surface area contributed by atoms with Crippen LogP contribution in [0.5, 0.6) is 0 Å². The summed E-state index contributed by atoms with van der Waals surface area (Å²) >= 11 is 0. The van der Waals surface area contributed by atoms with Crippen molar-refractivity contribution in [2.45, 2.75) is 26.4 Å². The number of benzene rings is 1. The monoisotopic (exact) mass is 257 g/mol. The summed E-state index contributed by atoms with van der Waals surface area (Å²) in [6.07, 6.45) is 2.30. The Morgan fingerprint density at radius 3 is 2.68 bits per heavy atom. The van der Waals surface area contributed by atoms with Crippen molar-refractivity contribution in [2.75, 3.05) is 0 Å². The van der Waals surface area contributed by atoms with Gasteiger partial charge in [-0.25, -0.2) is 0 Å². The van der Waals surface area contributed by atoms with Crippen LogP contribution < -0.4 is 0 Å². The third-order valence-corrected chi connectivity index (χ3v) is 2.22. The van der Waals surface area contributed by atoms with Gasteiger partial charge in [-0.05, 0) is 31.6 Å². The third-order valence-electron chi connectivity index (χ3n) is 2.22. The number of hydrogen-bond donors (Lipinski definition) is 0. The van der Waals surface area contributed by atoms with Crippen LogP contribution in [0.1, 0.15) is 31.4 Å². The number of carbonyl (C=O) groups excluding carboxylic acids is 2. The van der Waals surface area contributed by atoms with Crippen molar-refractivity contribution in [3.63, 3.8) is 0 Å². The van der Waals surface area contributed by atoms with E-state index in [-0.39, 0.29) is 18.3 Å². The predicted octanol–water partition coefficient (Wildman–Crippen LogP) is 2.48. The highest BCUT2D eigenvalue weighted by atomic mass is 16.5. The molecule has 19 heavy (non-hydrogen) atoms. The molecule has 1 aromatic rings. The van der Waals surface area contributed by atoms with Gasteiger partial charge in [0.1, 0.15) is 6.42 Å². The summed E-state index contributed by atoms with van der Waals surface area (Å²) in [6, 6.07) is 8.95. The Hall–Kier alpha value is -2.41. The fourth-order valence-corrected chi connectivity index (χ4v) is 1.43. The Morgan fingerprint density at radius 2 is 2.05 bits per heavy atom. The molecular formula is C15H15NO3. The van der Waals surface area contributed by atoms with Gasteiger partial charge in [-0.2, -0.15) is 5.26 Å². The molecule has 1 aromatic carbocycles. The molecule has 0 aromatic heterocycles. The van der Waals surface area contributed by atoms with Gasteiger partial charge in [0, 0.05) is 0 Å². The summed E-state index contributed by atoms with van der Waals surface area (Å²) in [7, 11) is 0. The number of hydrogen-bond acceptors (Lipinski definition) is 4. The minimum absolute atomic E-state index is 0.233. The Balaban J connectivity index is 2.64. The molecule has 0 atom stereocenters. The van der Waals surface area contributed by atoms with Crippen molar-refractivity contribution >= 4 is 17.8 Å². The molecule has 4 heteroatoms. The normalized spacial score (nSPS) is 10.4. The summed E-state index contributed by atoms with van der Waals surface area (Å²) in [4.78, 5) is 22.8. The zero-order chi connectivity index (χ0) is 14.3. The maximum Gasteiger partial charge on any atom is 0.313 e. The first kappa shape index (κ1) is 14.7. The molecule has 0 bridgehead atoms. The van der Waals surface area contributed by atoms with Gasteiger partial charge in [-0.3, -0.25) is 9.59 Å². The standard InChI is InChI=1S/C15H15NO3/c1-11(2)19-15(18)9-14(17)8-7-12-5-3-4-6-13(12)10-16/h3-8,11H,9H2,1-2H3. The average Bonchev–Trinajstić information content (AvgIpc) is 2.35. The van der Waals surface area contributed by atoms with Gasteiger partial charge in [-0.1, -0.05) is 24.3 Å². The lowest BCUT2D eigenvalue weighted by atomic mass is 10.1. The highest BCUT2D eigenvalue weighted by molar-refractivity contribution is 6.04. The maximum absolute atomic E-state index is 11.5. The van der Waals surface area contributed by atoms with Crippen molar-refractivity contribution in [3.8, 4) is 6.07 Å². The van der Waals surface area contributed by atoms with Crippen molar-refractivity contribution in [3.05, 3.63) is 41.5 Å². The van der Waals surface area contributed by atoms with Crippen molar-refractivity contribution in [1.82, 2.24) is 0 Å². The van der Waals surface area contributed by atoms with E-state index in [2.05, 4.69) is 0 Å². The van der Waals surface area contributed by atoms with E-state index in [9.17, 15) is 9.59 Å². The third kappa shape index (κ3) is 5.17. The van der Waals surface area contributed by atoms with Crippen LogP contribution in [0.15, 0.2) is 30.3 Å². The first-order valence-electron chi connectivity index (χ1n) is 5.92. The highest BCUT2D eigenvalue weighted by Gasteiger charge is 2.09. The molecule has 0 amide bonds. The molecule has 0 heterocycles. The number of ketones is 1. The van der Waals surface area contributed by atoms with Crippen LogP contribution in [0.25, 0.3) is 6.08 Å². The Bertz CT molecular complexity index is 539. The van der Waals surface area contributed by atoms with Gasteiger partial charge < -0.3 is 4.74 Å². The zero-order valence-corrected chi connectivity index (χ0v) is 10.9. The molecule has 0 aliphatic rings. The molecule has 0 aliphatic carbocycles. The van der Waals surface area contributed by atoms with E-state index in [0.29, 0.717) is 11.1 Å². The molecule has 0 N–H and O–H groups in total. The van der Waals surface area contributed by atoms with Crippen LogP contribution in [0, 0.1) is 11.3 Å². The fraction of sp³-hybridized carbons (Fsp3) is 0.267. The van der Waals surface area contributed by atoms with E-state index < -0.39 is 5.97 Å². The molecule has 0 unspecified atom stereocenters. The number of carbonyl (C=O) groups is 2. The number of nitrogens with zero attached hydrogens (tertiary/aromatic N) is 1. The summed E-state index contributed by atoms with van der Waals surface area (Å²) in [5, 5.41) is 8.89. The van der Waals surface area contributed by atoms with Crippen molar-refractivity contribution in [1.29, 1.82) is 5.26 Å². The molecule has 4 nitrogen and oxygen atoms in total. The Labute approximate surface area is 112 Å². The Kier molecular flexibility index (Phi) is 5.49. The molecular weight excluding hydrogens is 242 g/mol. The van der Waals surface area contributed by atoms with Gasteiger partial charge in [0.05, 0.1) is 17.7 Å². The van der Waals surface area contributed by atoms with Crippen molar-refractivity contribution in [2.24, 2.45) is 0 Å². The van der Waals surface area contributed by atoms with E-state index in [4.69, 9.17) is 10.00 Å². The quantitative estimate of drug-likeness (QED) is 0.461. The second-order valence-electron chi connectivity index (χ2n) is 4.21. The lowest BCUT2D eigenvalue weighted by Gasteiger charge is -2.05. The number of allylic oxidation sites excluding steroid dienone is 1. The number of nitriles is 1. The first-order chi connectivity index (χ1) is 9.02. The van der Waals surface area contributed by atoms with Gasteiger partial charge >= 0.3 is 5.97 Å². The van der Waals surface area contributed by atoms with E-state index in [1.807, 2.05) is 6.07 Å². The molecule has 0 radical (unpaired) electrons. The fourth-order valence-electron chi connectivity index (χ4n) is 1.43. The Morgan fingerprint density at radius 1 is 1.37 bits per heavy atom. The summed E-state index contributed by atoms with van der Waals surface area (Å²) in [6.45, 7) is 3.45. The summed E-state index contributed by atoms with van der Waals surface area (Å²) in [5.74, 6) is -0.892. The van der Waals surface area contributed by atoms with Crippen LogP contribution in [-0.2, 0) is 14.3 Å². The van der Waals surface area contributed by atoms with E-state index in [0.717, 1.165) is 0 Å². The lowest BCUT2D eigenvalue weighted by Crippen LogP contribution is -2.14. The SMILES string of the molecule is CC(C)OC(=O)CC(=O)C=Cc1ccccc1C#N. The number of esters is 1. The topological polar surface area (TPSA) is 67.2 Å². The number of rotatable bonds is 5. The second kappa shape index (κ2) is 7.12.